The Morgan fingerprint density at radius 1 is 1.73 bits per heavy atom. The maximum atomic E-state index is 10.2. The number of rotatable bonds is 4. The number of hydrogen-bond donors (Lipinski definition) is 1. The van der Waals surface area contributed by atoms with E-state index in [-0.39, 0.29) is 12.3 Å². The molecule has 0 aromatic heterocycles. The SMILES string of the molecule is C=CC(C)/C=C(/C)CC(=O)O. The first-order valence-corrected chi connectivity index (χ1v) is 3.58. The van der Waals surface area contributed by atoms with E-state index in [1.54, 1.807) is 6.08 Å². The molecule has 0 radical (unpaired) electrons. The van der Waals surface area contributed by atoms with Crippen LogP contribution in [0, 0.1) is 5.92 Å². The van der Waals surface area contributed by atoms with Gasteiger partial charge in [-0.3, -0.25) is 4.79 Å². The standard InChI is InChI=1S/C9H14O2/c1-4-7(2)5-8(3)6-9(10)11/h4-5,7H,1,6H2,2-3H3,(H,10,11)/b8-5-. The largest absolute Gasteiger partial charge is 0.481 e. The van der Waals surface area contributed by atoms with Crippen LogP contribution in [0.2, 0.25) is 0 Å². The highest BCUT2D eigenvalue weighted by Crippen LogP contribution is 2.06. The molecule has 0 amide bonds. The van der Waals surface area contributed by atoms with E-state index in [4.69, 9.17) is 5.11 Å². The maximum Gasteiger partial charge on any atom is 0.307 e. The van der Waals surface area contributed by atoms with E-state index in [1.807, 2.05) is 19.9 Å². The van der Waals surface area contributed by atoms with Crippen LogP contribution in [-0.4, -0.2) is 11.1 Å². The van der Waals surface area contributed by atoms with Crippen molar-refractivity contribution in [2.75, 3.05) is 0 Å². The van der Waals surface area contributed by atoms with Crippen LogP contribution in [0.1, 0.15) is 20.3 Å². The second kappa shape index (κ2) is 4.72. The summed E-state index contributed by atoms with van der Waals surface area (Å²) in [6.45, 7) is 7.38. The summed E-state index contributed by atoms with van der Waals surface area (Å²) in [5, 5.41) is 8.40. The average molecular weight is 154 g/mol. The maximum absolute atomic E-state index is 10.2. The summed E-state index contributed by atoms with van der Waals surface area (Å²) >= 11 is 0. The smallest absolute Gasteiger partial charge is 0.307 e. The highest BCUT2D eigenvalue weighted by molar-refractivity contribution is 5.69. The van der Waals surface area contributed by atoms with Crippen molar-refractivity contribution in [3.05, 3.63) is 24.3 Å². The van der Waals surface area contributed by atoms with Gasteiger partial charge in [-0.25, -0.2) is 0 Å². The molecular weight excluding hydrogens is 140 g/mol. The zero-order valence-corrected chi connectivity index (χ0v) is 7.00. The second-order valence-electron chi connectivity index (χ2n) is 2.68. The Morgan fingerprint density at radius 2 is 2.27 bits per heavy atom. The summed E-state index contributed by atoms with van der Waals surface area (Å²) in [6, 6.07) is 0. The van der Waals surface area contributed by atoms with Crippen LogP contribution in [0.5, 0.6) is 0 Å². The molecule has 62 valence electrons. The molecule has 1 atom stereocenters. The molecule has 0 aliphatic carbocycles. The first kappa shape index (κ1) is 9.95. The average Bonchev–Trinajstić information content (AvgIpc) is 1.85. The van der Waals surface area contributed by atoms with Gasteiger partial charge in [0.15, 0.2) is 0 Å². The molecule has 0 saturated carbocycles. The molecular formula is C9H14O2. The normalized spacial score (nSPS) is 14.2. The second-order valence-corrected chi connectivity index (χ2v) is 2.68. The summed E-state index contributed by atoms with van der Waals surface area (Å²) in [7, 11) is 0. The topological polar surface area (TPSA) is 37.3 Å². The van der Waals surface area contributed by atoms with Crippen molar-refractivity contribution < 1.29 is 9.90 Å². The predicted octanol–water partition coefficient (Wildman–Crippen LogP) is 2.23. The van der Waals surface area contributed by atoms with Gasteiger partial charge in [-0.2, -0.15) is 0 Å². The molecule has 0 rings (SSSR count). The van der Waals surface area contributed by atoms with Gasteiger partial charge < -0.3 is 5.11 Å². The minimum atomic E-state index is -0.782. The molecule has 0 aliphatic rings. The third-order valence-electron chi connectivity index (χ3n) is 1.35. The van der Waals surface area contributed by atoms with Gasteiger partial charge >= 0.3 is 5.97 Å². The van der Waals surface area contributed by atoms with Gasteiger partial charge in [-0.1, -0.05) is 24.6 Å². The lowest BCUT2D eigenvalue weighted by atomic mass is 10.1. The number of carboxylic acid groups (broad SMARTS) is 1. The lowest BCUT2D eigenvalue weighted by Crippen LogP contribution is -1.96. The van der Waals surface area contributed by atoms with Gasteiger partial charge in [0.1, 0.15) is 0 Å². The summed E-state index contributed by atoms with van der Waals surface area (Å²) in [5.41, 5.74) is 0.880. The summed E-state index contributed by atoms with van der Waals surface area (Å²) in [4.78, 5) is 10.2. The molecule has 11 heavy (non-hydrogen) atoms. The zero-order chi connectivity index (χ0) is 8.85. The van der Waals surface area contributed by atoms with E-state index in [9.17, 15) is 4.79 Å². The molecule has 0 aromatic carbocycles. The quantitative estimate of drug-likeness (QED) is 0.630. The minimum absolute atomic E-state index is 0.123. The third kappa shape index (κ3) is 5.40. The van der Waals surface area contributed by atoms with Crippen molar-refractivity contribution in [2.24, 2.45) is 5.92 Å². The predicted molar refractivity (Wildman–Crippen MR) is 45.4 cm³/mol. The molecule has 2 heteroatoms. The Balaban J connectivity index is 3.99. The number of hydrogen-bond acceptors (Lipinski definition) is 1. The number of allylic oxidation sites excluding steroid dienone is 2. The van der Waals surface area contributed by atoms with Crippen LogP contribution < -0.4 is 0 Å². The molecule has 0 bridgehead atoms. The van der Waals surface area contributed by atoms with E-state index < -0.39 is 5.97 Å². The molecule has 0 aromatic rings. The highest BCUT2D eigenvalue weighted by Gasteiger charge is 1.98. The van der Waals surface area contributed by atoms with Gasteiger partial charge in [0.25, 0.3) is 0 Å². The van der Waals surface area contributed by atoms with E-state index in [1.165, 1.54) is 0 Å². The fraction of sp³-hybridized carbons (Fsp3) is 0.444. The zero-order valence-electron chi connectivity index (χ0n) is 7.00. The molecule has 2 nitrogen and oxygen atoms in total. The Labute approximate surface area is 67.2 Å². The van der Waals surface area contributed by atoms with Gasteiger partial charge in [0, 0.05) is 0 Å². The van der Waals surface area contributed by atoms with Crippen molar-refractivity contribution in [3.63, 3.8) is 0 Å². The molecule has 1 N–H and O–H groups in total. The van der Waals surface area contributed by atoms with Crippen molar-refractivity contribution in [1.29, 1.82) is 0 Å². The van der Waals surface area contributed by atoms with Gasteiger partial charge in [-0.05, 0) is 12.8 Å². The molecule has 0 fully saturated rings. The first-order valence-electron chi connectivity index (χ1n) is 3.58. The molecule has 0 heterocycles. The number of aliphatic carboxylic acids is 1. The van der Waals surface area contributed by atoms with E-state index >= 15 is 0 Å². The summed E-state index contributed by atoms with van der Waals surface area (Å²) < 4.78 is 0. The van der Waals surface area contributed by atoms with Gasteiger partial charge in [0.05, 0.1) is 6.42 Å². The Morgan fingerprint density at radius 3 is 2.64 bits per heavy atom. The van der Waals surface area contributed by atoms with Crippen LogP contribution in [0.25, 0.3) is 0 Å². The van der Waals surface area contributed by atoms with Crippen LogP contribution in [-0.2, 0) is 4.79 Å². The molecule has 0 saturated heterocycles. The Kier molecular flexibility index (Phi) is 4.27. The van der Waals surface area contributed by atoms with Crippen LogP contribution in [0.3, 0.4) is 0 Å². The Bertz CT molecular complexity index is 180. The Hall–Kier alpha value is -1.05. The van der Waals surface area contributed by atoms with Crippen molar-refractivity contribution in [1.82, 2.24) is 0 Å². The first-order chi connectivity index (χ1) is 5.06. The monoisotopic (exact) mass is 154 g/mol. The van der Waals surface area contributed by atoms with Crippen molar-refractivity contribution in [3.8, 4) is 0 Å². The minimum Gasteiger partial charge on any atom is -0.481 e. The van der Waals surface area contributed by atoms with E-state index in [0.29, 0.717) is 0 Å². The van der Waals surface area contributed by atoms with Crippen molar-refractivity contribution in [2.45, 2.75) is 20.3 Å². The van der Waals surface area contributed by atoms with Crippen LogP contribution >= 0.6 is 0 Å². The number of carboxylic acids is 1. The number of carbonyl (C=O) groups is 1. The fourth-order valence-corrected chi connectivity index (χ4v) is 0.814. The lowest BCUT2D eigenvalue weighted by Gasteiger charge is -1.99. The van der Waals surface area contributed by atoms with Crippen LogP contribution in [0.15, 0.2) is 24.3 Å². The highest BCUT2D eigenvalue weighted by atomic mass is 16.4. The molecule has 0 spiro atoms. The van der Waals surface area contributed by atoms with Crippen LogP contribution in [0.4, 0.5) is 0 Å². The summed E-state index contributed by atoms with van der Waals surface area (Å²) in [6.07, 6.45) is 3.81. The van der Waals surface area contributed by atoms with E-state index in [0.717, 1.165) is 5.57 Å². The van der Waals surface area contributed by atoms with Gasteiger partial charge in [0.2, 0.25) is 0 Å². The third-order valence-corrected chi connectivity index (χ3v) is 1.35. The van der Waals surface area contributed by atoms with Crippen molar-refractivity contribution >= 4 is 5.97 Å². The van der Waals surface area contributed by atoms with E-state index in [2.05, 4.69) is 6.58 Å². The molecule has 0 aliphatic heterocycles. The lowest BCUT2D eigenvalue weighted by molar-refractivity contribution is -0.136. The molecule has 1 unspecified atom stereocenters. The van der Waals surface area contributed by atoms with Gasteiger partial charge in [-0.15, -0.1) is 6.58 Å². The fourth-order valence-electron chi connectivity index (χ4n) is 0.814. The summed E-state index contributed by atoms with van der Waals surface area (Å²) in [5.74, 6) is -0.524.